The van der Waals surface area contributed by atoms with Gasteiger partial charge < -0.3 is 20.8 Å². The van der Waals surface area contributed by atoms with Crippen LogP contribution in [0.15, 0.2) is 70.5 Å². The Bertz CT molecular complexity index is 1700. The van der Waals surface area contributed by atoms with Crippen LogP contribution in [0.3, 0.4) is 0 Å². The second-order valence-corrected chi connectivity index (χ2v) is 10.1. The molecule has 0 aliphatic heterocycles. The Balaban J connectivity index is 1.60. The molecule has 0 aromatic heterocycles. The molecule has 0 heterocycles. The number of urea groups is 1. The van der Waals surface area contributed by atoms with E-state index >= 15 is 0 Å². The highest BCUT2D eigenvalue weighted by Gasteiger charge is 2.17. The van der Waals surface area contributed by atoms with Crippen molar-refractivity contribution in [2.45, 2.75) is 9.79 Å². The van der Waals surface area contributed by atoms with Gasteiger partial charge in [0.1, 0.15) is 16.4 Å². The average Bonchev–Trinajstić information content (AvgIpc) is 2.71. The number of hydrogen-bond acceptors (Lipinski definition) is 7. The zero-order valence-electron chi connectivity index (χ0n) is 16.9. The van der Waals surface area contributed by atoms with E-state index in [1.807, 2.05) is 0 Å². The Morgan fingerprint density at radius 1 is 0.647 bits per heavy atom. The molecule has 0 saturated carbocycles. The van der Waals surface area contributed by atoms with Crippen LogP contribution in [0, 0.1) is 0 Å². The molecule has 4 rings (SSSR count). The third kappa shape index (κ3) is 4.72. The molecule has 0 spiro atoms. The minimum atomic E-state index is -4.66. The molecule has 34 heavy (non-hydrogen) atoms. The van der Waals surface area contributed by atoms with Crippen LogP contribution in [0.1, 0.15) is 0 Å². The number of phenols is 2. The molecule has 0 aliphatic rings. The van der Waals surface area contributed by atoms with Gasteiger partial charge in [-0.1, -0.05) is 6.07 Å². The highest BCUT2D eigenvalue weighted by molar-refractivity contribution is 7.86. The van der Waals surface area contributed by atoms with E-state index in [-0.39, 0.29) is 22.5 Å². The van der Waals surface area contributed by atoms with Crippen LogP contribution in [-0.2, 0) is 20.2 Å². The van der Waals surface area contributed by atoms with E-state index in [0.29, 0.717) is 16.2 Å². The third-order valence-electron chi connectivity index (χ3n) is 4.91. The van der Waals surface area contributed by atoms with Gasteiger partial charge in [-0.2, -0.15) is 16.8 Å². The Morgan fingerprint density at radius 2 is 1.26 bits per heavy atom. The number of amides is 2. The number of anilines is 2. The van der Waals surface area contributed by atoms with Crippen LogP contribution in [0.2, 0.25) is 0 Å². The number of nitrogens with one attached hydrogen (secondary N) is 2. The van der Waals surface area contributed by atoms with E-state index in [9.17, 15) is 40.9 Å². The van der Waals surface area contributed by atoms with Gasteiger partial charge in [0, 0.05) is 22.8 Å². The molecule has 0 atom stereocenters. The number of carbonyl (C=O) groups is 1. The fraction of sp³-hybridized carbons (Fsp3) is 0. The lowest BCUT2D eigenvalue weighted by atomic mass is 10.1. The summed E-state index contributed by atoms with van der Waals surface area (Å²) in [4.78, 5) is 11.3. The lowest BCUT2D eigenvalue weighted by Gasteiger charge is -2.11. The first-order valence-corrected chi connectivity index (χ1v) is 12.3. The second kappa shape index (κ2) is 8.14. The van der Waals surface area contributed by atoms with E-state index in [1.165, 1.54) is 36.4 Å². The quantitative estimate of drug-likeness (QED) is 0.226. The molecule has 0 saturated heterocycles. The summed E-state index contributed by atoms with van der Waals surface area (Å²) < 4.78 is 64.0. The highest BCUT2D eigenvalue weighted by Crippen LogP contribution is 2.32. The van der Waals surface area contributed by atoms with Gasteiger partial charge in [-0.25, -0.2) is 4.79 Å². The molecule has 13 heteroatoms. The lowest BCUT2D eigenvalue weighted by Crippen LogP contribution is -2.19. The Morgan fingerprint density at radius 3 is 1.88 bits per heavy atom. The zero-order valence-corrected chi connectivity index (χ0v) is 18.6. The highest BCUT2D eigenvalue weighted by atomic mass is 32.2. The van der Waals surface area contributed by atoms with Gasteiger partial charge in [-0.3, -0.25) is 9.11 Å². The normalized spacial score (nSPS) is 12.1. The summed E-state index contributed by atoms with van der Waals surface area (Å²) in [5, 5.41) is 26.2. The number of benzene rings is 4. The minimum Gasteiger partial charge on any atom is -0.507 e. The molecular weight excluding hydrogens is 488 g/mol. The smallest absolute Gasteiger partial charge is 0.323 e. The third-order valence-corrected chi connectivity index (χ3v) is 6.63. The number of aromatic hydroxyl groups is 2. The summed E-state index contributed by atoms with van der Waals surface area (Å²) in [7, 11) is -9.21. The Hall–Kier alpha value is -3.91. The van der Waals surface area contributed by atoms with Crippen LogP contribution < -0.4 is 10.6 Å². The molecule has 11 nitrogen and oxygen atoms in total. The maximum Gasteiger partial charge on any atom is 0.323 e. The van der Waals surface area contributed by atoms with Gasteiger partial charge in [0.05, 0.1) is 4.90 Å². The van der Waals surface area contributed by atoms with Gasteiger partial charge >= 0.3 is 6.03 Å². The molecule has 4 aromatic carbocycles. The maximum absolute atomic E-state index is 12.4. The lowest BCUT2D eigenvalue weighted by molar-refractivity contribution is 0.262. The van der Waals surface area contributed by atoms with Crippen LogP contribution in [0.5, 0.6) is 11.5 Å². The summed E-state index contributed by atoms with van der Waals surface area (Å²) in [6, 6.07) is 12.3. The van der Waals surface area contributed by atoms with Gasteiger partial charge in [0.15, 0.2) is 0 Å². The molecule has 0 aliphatic carbocycles. The van der Waals surface area contributed by atoms with Crippen molar-refractivity contribution in [2.24, 2.45) is 0 Å². The molecule has 0 unspecified atom stereocenters. The summed E-state index contributed by atoms with van der Waals surface area (Å²) in [6.07, 6.45) is 0. The van der Waals surface area contributed by atoms with Crippen molar-refractivity contribution in [1.82, 2.24) is 0 Å². The fourth-order valence-electron chi connectivity index (χ4n) is 3.39. The monoisotopic (exact) mass is 504 g/mol. The topological polar surface area (TPSA) is 190 Å². The largest absolute Gasteiger partial charge is 0.507 e. The van der Waals surface area contributed by atoms with Gasteiger partial charge in [0.2, 0.25) is 0 Å². The predicted octanol–water partition coefficient (Wildman–Crippen LogP) is 3.54. The predicted molar refractivity (Wildman–Crippen MR) is 123 cm³/mol. The van der Waals surface area contributed by atoms with Crippen LogP contribution in [0.4, 0.5) is 16.2 Å². The maximum atomic E-state index is 12.4. The molecule has 2 amide bonds. The van der Waals surface area contributed by atoms with Crippen molar-refractivity contribution in [2.75, 3.05) is 10.6 Å². The van der Waals surface area contributed by atoms with E-state index in [0.717, 1.165) is 24.3 Å². The molecule has 6 N–H and O–H groups in total. The molecule has 176 valence electrons. The number of fused-ring (bicyclic) bond motifs is 2. The summed E-state index contributed by atoms with van der Waals surface area (Å²) in [5.74, 6) is -0.986. The van der Waals surface area contributed by atoms with Crippen LogP contribution in [0.25, 0.3) is 21.5 Å². The number of phenolic OH excluding ortho intramolecular Hbond substituents is 2. The molecule has 0 bridgehead atoms. The van der Waals surface area contributed by atoms with E-state index in [1.54, 1.807) is 0 Å². The Labute approximate surface area is 192 Å². The first kappa shape index (κ1) is 23.3. The van der Waals surface area contributed by atoms with Crippen molar-refractivity contribution >= 4 is 59.2 Å². The molecule has 0 fully saturated rings. The van der Waals surface area contributed by atoms with E-state index < -0.39 is 41.8 Å². The van der Waals surface area contributed by atoms with Crippen molar-refractivity contribution in [3.63, 3.8) is 0 Å². The van der Waals surface area contributed by atoms with Crippen molar-refractivity contribution in [3.8, 4) is 11.5 Å². The first-order chi connectivity index (χ1) is 15.8. The van der Waals surface area contributed by atoms with E-state index in [4.69, 9.17) is 0 Å². The zero-order chi connectivity index (χ0) is 24.8. The van der Waals surface area contributed by atoms with E-state index in [2.05, 4.69) is 10.6 Å². The molecule has 0 radical (unpaired) electrons. The standard InChI is InChI=1S/C21H16N2O9S2/c24-18-10-16(33(27,28)29)7-13-6-15(3-4-17(13)18)23-21(26)22-14-2-1-11-8-19(25)20(34(30,31)32)9-12(11)5-14/h1-10,24-25H,(H2,22,23,26)(H,27,28,29)(H,30,31,32). The van der Waals surface area contributed by atoms with Crippen molar-refractivity contribution < 1.29 is 40.9 Å². The minimum absolute atomic E-state index is 0.244. The molecular formula is C21H16N2O9S2. The molecule has 4 aromatic rings. The van der Waals surface area contributed by atoms with Crippen LogP contribution in [-0.4, -0.2) is 42.2 Å². The van der Waals surface area contributed by atoms with Gasteiger partial charge in [0.25, 0.3) is 20.2 Å². The number of rotatable bonds is 4. The summed E-state index contributed by atoms with van der Waals surface area (Å²) in [6.45, 7) is 0. The number of carbonyl (C=O) groups excluding carboxylic acids is 1. The van der Waals surface area contributed by atoms with Gasteiger partial charge in [-0.05, 0) is 64.7 Å². The fourth-order valence-corrected chi connectivity index (χ4v) is 4.53. The Kier molecular flexibility index (Phi) is 5.57. The van der Waals surface area contributed by atoms with Crippen LogP contribution >= 0.6 is 0 Å². The van der Waals surface area contributed by atoms with Gasteiger partial charge in [-0.15, -0.1) is 0 Å². The second-order valence-electron chi connectivity index (χ2n) is 7.29. The van der Waals surface area contributed by atoms with Crippen molar-refractivity contribution in [1.29, 1.82) is 0 Å². The van der Waals surface area contributed by atoms with Crippen molar-refractivity contribution in [3.05, 3.63) is 60.7 Å². The SMILES string of the molecule is O=C(Nc1ccc2cc(O)c(S(=O)(=O)O)cc2c1)Nc1ccc2c(O)cc(S(=O)(=O)O)cc2c1. The average molecular weight is 504 g/mol. The number of hydrogen-bond donors (Lipinski definition) is 6. The summed E-state index contributed by atoms with van der Waals surface area (Å²) in [5.41, 5.74) is 0.514. The first-order valence-electron chi connectivity index (χ1n) is 9.38. The summed E-state index contributed by atoms with van der Waals surface area (Å²) >= 11 is 0.